The van der Waals surface area contributed by atoms with Crippen LogP contribution < -0.4 is 11.0 Å². The van der Waals surface area contributed by atoms with Crippen molar-refractivity contribution in [2.45, 2.75) is 20.3 Å². The quantitative estimate of drug-likeness (QED) is 0.368. The summed E-state index contributed by atoms with van der Waals surface area (Å²) < 4.78 is 14.7. The van der Waals surface area contributed by atoms with E-state index in [4.69, 9.17) is 11.0 Å². The normalized spacial score (nSPS) is 13.4. The van der Waals surface area contributed by atoms with E-state index in [1.165, 1.54) is 0 Å². The molecular weight excluding hydrogens is 153 g/mol. The molecule has 0 rings (SSSR count). The predicted octanol–water partition coefficient (Wildman–Crippen LogP) is 0.814. The molecule has 0 spiro atoms. The monoisotopic (exact) mass is 165 g/mol. The molecule has 0 atom stereocenters. The molecule has 0 bridgehead atoms. The molecule has 0 unspecified atom stereocenters. The third-order valence-corrected chi connectivity index (χ3v) is 1.17. The molecular formula is C4H12N3O2P. The zero-order valence-corrected chi connectivity index (χ0v) is 6.97. The molecule has 0 aromatic rings. The second-order valence-corrected chi connectivity index (χ2v) is 3.36. The Hall–Kier alpha value is -0.380. The minimum Gasteiger partial charge on any atom is -0.312 e. The van der Waals surface area contributed by atoms with Gasteiger partial charge in [0, 0.05) is 0 Å². The maximum Gasteiger partial charge on any atom is 0.405 e. The lowest BCUT2D eigenvalue weighted by molar-refractivity contribution is 0.333. The fourth-order valence-electron chi connectivity index (χ4n) is 0.198. The average Bonchev–Trinajstić information content (AvgIpc) is 1.81. The number of rotatable bonds is 3. The van der Waals surface area contributed by atoms with Crippen molar-refractivity contribution in [3.63, 3.8) is 0 Å². The summed E-state index contributed by atoms with van der Waals surface area (Å²) in [6.45, 7) is 3.62. The summed E-state index contributed by atoms with van der Waals surface area (Å²) in [6, 6.07) is 0. The molecule has 0 aliphatic heterocycles. The molecule has 0 aliphatic carbocycles. The molecule has 60 valence electrons. The molecule has 0 saturated carbocycles. The highest BCUT2D eigenvalue weighted by atomic mass is 31.2. The zero-order chi connectivity index (χ0) is 8.20. The lowest BCUT2D eigenvalue weighted by Gasteiger charge is -2.02. The highest BCUT2D eigenvalue weighted by Gasteiger charge is 2.07. The van der Waals surface area contributed by atoms with Crippen LogP contribution in [0.3, 0.4) is 0 Å². The minimum atomic E-state index is -3.42. The van der Waals surface area contributed by atoms with Gasteiger partial charge in [-0.15, -0.1) is 0 Å². The standard InChI is InChI=1S/C4H12N3O2P/c1-3-4(2)7-9-10(5,6)8/h3H2,1-2H3,(H4,5,6,8). The zero-order valence-electron chi connectivity index (χ0n) is 6.07. The van der Waals surface area contributed by atoms with Crippen LogP contribution in [0.1, 0.15) is 20.3 Å². The van der Waals surface area contributed by atoms with Crippen molar-refractivity contribution in [3.8, 4) is 0 Å². The Kier molecular flexibility index (Phi) is 3.57. The first kappa shape index (κ1) is 9.62. The smallest absolute Gasteiger partial charge is 0.312 e. The first-order valence-corrected chi connectivity index (χ1v) is 4.61. The summed E-state index contributed by atoms with van der Waals surface area (Å²) in [5.74, 6) is 0. The van der Waals surface area contributed by atoms with E-state index in [2.05, 4.69) is 9.78 Å². The Labute approximate surface area is 60.0 Å². The molecule has 10 heavy (non-hydrogen) atoms. The fourth-order valence-corrected chi connectivity index (χ4v) is 0.465. The van der Waals surface area contributed by atoms with E-state index in [0.717, 1.165) is 6.42 Å². The van der Waals surface area contributed by atoms with E-state index >= 15 is 0 Å². The number of hydrogen-bond donors (Lipinski definition) is 2. The van der Waals surface area contributed by atoms with Crippen molar-refractivity contribution in [3.05, 3.63) is 0 Å². The van der Waals surface area contributed by atoms with Gasteiger partial charge in [-0.25, -0.2) is 15.6 Å². The molecule has 4 N–H and O–H groups in total. The van der Waals surface area contributed by atoms with Crippen LogP contribution in [0.5, 0.6) is 0 Å². The van der Waals surface area contributed by atoms with Crippen molar-refractivity contribution in [2.75, 3.05) is 0 Å². The molecule has 6 heteroatoms. The van der Waals surface area contributed by atoms with Crippen molar-refractivity contribution >= 4 is 13.4 Å². The van der Waals surface area contributed by atoms with Gasteiger partial charge in [0.05, 0.1) is 5.71 Å². The van der Waals surface area contributed by atoms with Crippen LogP contribution in [0.25, 0.3) is 0 Å². The Morgan fingerprint density at radius 1 is 1.70 bits per heavy atom. The Morgan fingerprint density at radius 3 is 2.50 bits per heavy atom. The van der Waals surface area contributed by atoms with Crippen molar-refractivity contribution in [1.29, 1.82) is 0 Å². The van der Waals surface area contributed by atoms with Crippen molar-refractivity contribution in [2.24, 2.45) is 16.2 Å². The van der Waals surface area contributed by atoms with Crippen LogP contribution in [0.4, 0.5) is 0 Å². The molecule has 0 heterocycles. The minimum absolute atomic E-state index is 0.705. The van der Waals surface area contributed by atoms with Gasteiger partial charge < -0.3 is 4.62 Å². The molecule has 0 radical (unpaired) electrons. The average molecular weight is 165 g/mol. The van der Waals surface area contributed by atoms with Gasteiger partial charge in [-0.2, -0.15) is 0 Å². The van der Waals surface area contributed by atoms with Gasteiger partial charge >= 0.3 is 7.67 Å². The summed E-state index contributed by atoms with van der Waals surface area (Å²) in [5, 5.41) is 3.42. The number of nitrogens with zero attached hydrogens (tertiary/aromatic N) is 1. The number of hydrogen-bond acceptors (Lipinski definition) is 3. The summed E-state index contributed by atoms with van der Waals surface area (Å²) in [6.07, 6.45) is 0.722. The number of nitrogens with two attached hydrogens (primary N) is 2. The summed E-state index contributed by atoms with van der Waals surface area (Å²) in [5.41, 5.74) is 10.4. The van der Waals surface area contributed by atoms with Crippen molar-refractivity contribution in [1.82, 2.24) is 0 Å². The molecule has 0 saturated heterocycles. The van der Waals surface area contributed by atoms with Crippen LogP contribution in [0.2, 0.25) is 0 Å². The molecule has 5 nitrogen and oxygen atoms in total. The lowest BCUT2D eigenvalue weighted by Crippen LogP contribution is -2.06. The van der Waals surface area contributed by atoms with Crippen LogP contribution in [-0.4, -0.2) is 5.71 Å². The molecule has 0 amide bonds. The molecule has 0 fully saturated rings. The second-order valence-electron chi connectivity index (χ2n) is 1.91. The third kappa shape index (κ3) is 5.75. The van der Waals surface area contributed by atoms with E-state index in [1.54, 1.807) is 6.92 Å². The summed E-state index contributed by atoms with van der Waals surface area (Å²) in [7, 11) is -3.42. The summed E-state index contributed by atoms with van der Waals surface area (Å²) in [4.78, 5) is 0. The maximum atomic E-state index is 10.5. The predicted molar refractivity (Wildman–Crippen MR) is 40.5 cm³/mol. The van der Waals surface area contributed by atoms with Gasteiger partial charge in [0.1, 0.15) is 0 Å². The van der Waals surface area contributed by atoms with E-state index in [0.29, 0.717) is 5.71 Å². The topological polar surface area (TPSA) is 90.7 Å². The SMILES string of the molecule is CCC(C)=NOP(N)(N)=O. The first-order chi connectivity index (χ1) is 4.45. The Morgan fingerprint density at radius 2 is 2.20 bits per heavy atom. The fraction of sp³-hybridized carbons (Fsp3) is 0.750. The largest absolute Gasteiger partial charge is 0.405 e. The summed E-state index contributed by atoms with van der Waals surface area (Å²) >= 11 is 0. The van der Waals surface area contributed by atoms with E-state index in [1.807, 2.05) is 6.92 Å². The highest BCUT2D eigenvalue weighted by Crippen LogP contribution is 2.26. The van der Waals surface area contributed by atoms with Crippen LogP contribution in [0, 0.1) is 0 Å². The van der Waals surface area contributed by atoms with Crippen LogP contribution in [-0.2, 0) is 9.19 Å². The van der Waals surface area contributed by atoms with Gasteiger partial charge in [-0.3, -0.25) is 0 Å². The lowest BCUT2D eigenvalue weighted by atomic mass is 10.3. The van der Waals surface area contributed by atoms with Crippen LogP contribution >= 0.6 is 7.67 Å². The first-order valence-electron chi connectivity index (χ1n) is 2.85. The molecule has 0 aliphatic rings. The van der Waals surface area contributed by atoms with Gasteiger partial charge in [-0.05, 0) is 13.3 Å². The van der Waals surface area contributed by atoms with Gasteiger partial charge in [0.15, 0.2) is 0 Å². The maximum absolute atomic E-state index is 10.5. The third-order valence-electron chi connectivity index (χ3n) is 0.836. The molecule has 0 aromatic heterocycles. The highest BCUT2D eigenvalue weighted by molar-refractivity contribution is 7.53. The van der Waals surface area contributed by atoms with Gasteiger partial charge in [0.2, 0.25) is 0 Å². The number of oxime groups is 1. The van der Waals surface area contributed by atoms with Crippen LogP contribution in [0.15, 0.2) is 5.16 Å². The second kappa shape index (κ2) is 3.71. The van der Waals surface area contributed by atoms with Crippen molar-refractivity contribution < 1.29 is 9.19 Å². The van der Waals surface area contributed by atoms with E-state index < -0.39 is 7.67 Å². The van der Waals surface area contributed by atoms with Gasteiger partial charge in [-0.1, -0.05) is 12.1 Å². The van der Waals surface area contributed by atoms with E-state index in [-0.39, 0.29) is 0 Å². The van der Waals surface area contributed by atoms with E-state index in [9.17, 15) is 4.57 Å². The van der Waals surface area contributed by atoms with Gasteiger partial charge in [0.25, 0.3) is 0 Å². The Bertz CT molecular complexity index is 173. The molecule has 0 aromatic carbocycles. The Balaban J connectivity index is 3.85.